The maximum absolute atomic E-state index is 11.5. The maximum Gasteiger partial charge on any atom is 0.309 e. The van der Waals surface area contributed by atoms with Gasteiger partial charge >= 0.3 is 5.97 Å². The second kappa shape index (κ2) is 5.67. The number of aliphatic hydroxyl groups excluding tert-OH is 1. The van der Waals surface area contributed by atoms with Gasteiger partial charge in [-0.3, -0.25) is 4.79 Å². The average molecular weight is 228 g/mol. The van der Waals surface area contributed by atoms with Crippen molar-refractivity contribution < 1.29 is 15.0 Å². The topological polar surface area (TPSA) is 57.5 Å². The molecule has 0 bridgehead atoms. The average Bonchev–Trinajstić information content (AvgIpc) is 2.28. The number of aliphatic hydroxyl groups is 1. The van der Waals surface area contributed by atoms with Crippen molar-refractivity contribution in [3.8, 4) is 0 Å². The van der Waals surface area contributed by atoms with Crippen molar-refractivity contribution in [2.75, 3.05) is 0 Å². The van der Waals surface area contributed by atoms with Crippen molar-refractivity contribution in [3.63, 3.8) is 0 Å². The summed E-state index contributed by atoms with van der Waals surface area (Å²) in [7, 11) is 0. The molecule has 16 heavy (non-hydrogen) atoms. The molecule has 3 atom stereocenters. The van der Waals surface area contributed by atoms with Crippen LogP contribution in [0.3, 0.4) is 0 Å². The fourth-order valence-corrected chi connectivity index (χ4v) is 2.90. The number of carboxylic acids is 1. The summed E-state index contributed by atoms with van der Waals surface area (Å²) in [6.45, 7) is 4.03. The first-order chi connectivity index (χ1) is 7.54. The molecule has 0 aromatic heterocycles. The van der Waals surface area contributed by atoms with Crippen molar-refractivity contribution in [3.05, 3.63) is 0 Å². The number of carboxylic acid groups (broad SMARTS) is 1. The van der Waals surface area contributed by atoms with Crippen molar-refractivity contribution >= 4 is 5.97 Å². The summed E-state index contributed by atoms with van der Waals surface area (Å²) in [5.74, 6) is -0.188. The number of carbonyl (C=O) groups is 1. The van der Waals surface area contributed by atoms with E-state index in [4.69, 9.17) is 0 Å². The Bertz CT molecular complexity index is 235. The molecule has 0 heterocycles. The summed E-state index contributed by atoms with van der Waals surface area (Å²) in [4.78, 5) is 11.5. The predicted octanol–water partition coefficient (Wildman–Crippen LogP) is 2.82. The molecule has 0 aliphatic heterocycles. The van der Waals surface area contributed by atoms with E-state index >= 15 is 0 Å². The molecule has 0 aromatic carbocycles. The van der Waals surface area contributed by atoms with Crippen LogP contribution < -0.4 is 0 Å². The third-order valence-corrected chi connectivity index (χ3v) is 4.08. The van der Waals surface area contributed by atoms with Gasteiger partial charge in [0.25, 0.3) is 0 Å². The molecule has 1 aliphatic carbocycles. The zero-order valence-corrected chi connectivity index (χ0v) is 10.4. The van der Waals surface area contributed by atoms with Gasteiger partial charge in [0, 0.05) is 0 Å². The second-order valence-corrected chi connectivity index (χ2v) is 5.22. The van der Waals surface area contributed by atoms with E-state index in [1.165, 1.54) is 0 Å². The maximum atomic E-state index is 11.5. The van der Waals surface area contributed by atoms with Crippen molar-refractivity contribution in [2.45, 2.75) is 64.9 Å². The van der Waals surface area contributed by atoms with Crippen LogP contribution in [-0.2, 0) is 4.79 Å². The molecule has 1 aliphatic rings. The van der Waals surface area contributed by atoms with Gasteiger partial charge in [-0.25, -0.2) is 0 Å². The molecule has 0 radical (unpaired) electrons. The van der Waals surface area contributed by atoms with Gasteiger partial charge in [0.05, 0.1) is 11.5 Å². The van der Waals surface area contributed by atoms with Gasteiger partial charge in [-0.05, 0) is 31.6 Å². The molecule has 1 fully saturated rings. The molecule has 94 valence electrons. The number of aliphatic carboxylic acids is 1. The highest BCUT2D eigenvalue weighted by Gasteiger charge is 2.43. The molecule has 3 unspecified atom stereocenters. The van der Waals surface area contributed by atoms with Crippen LogP contribution in [-0.4, -0.2) is 22.3 Å². The summed E-state index contributed by atoms with van der Waals surface area (Å²) in [6.07, 6.45) is 5.27. The van der Waals surface area contributed by atoms with E-state index in [2.05, 4.69) is 6.92 Å². The standard InChI is InChI=1S/C13H24O3/c1-3-10-6-5-7-13(8-10,12(15)16)9-11(14)4-2/h10-11,14H,3-9H2,1-2H3,(H,15,16). The van der Waals surface area contributed by atoms with Crippen molar-refractivity contribution in [2.24, 2.45) is 11.3 Å². The lowest BCUT2D eigenvalue weighted by molar-refractivity contribution is -0.154. The lowest BCUT2D eigenvalue weighted by Crippen LogP contribution is -2.39. The SMILES string of the molecule is CCC(O)CC1(C(=O)O)CCCC(CC)C1. The van der Waals surface area contributed by atoms with Gasteiger partial charge in [-0.2, -0.15) is 0 Å². The van der Waals surface area contributed by atoms with Crippen LogP contribution in [0.5, 0.6) is 0 Å². The zero-order chi connectivity index (χ0) is 12.2. The van der Waals surface area contributed by atoms with Crippen LogP contribution >= 0.6 is 0 Å². The minimum atomic E-state index is -0.710. The Morgan fingerprint density at radius 3 is 2.69 bits per heavy atom. The Hall–Kier alpha value is -0.570. The molecule has 1 saturated carbocycles. The highest BCUT2D eigenvalue weighted by Crippen LogP contribution is 2.44. The van der Waals surface area contributed by atoms with E-state index in [0.717, 1.165) is 32.1 Å². The van der Waals surface area contributed by atoms with Gasteiger partial charge < -0.3 is 10.2 Å². The summed E-state index contributed by atoms with van der Waals surface area (Å²) < 4.78 is 0. The molecule has 0 saturated heterocycles. The second-order valence-electron chi connectivity index (χ2n) is 5.22. The van der Waals surface area contributed by atoms with Gasteiger partial charge in [-0.15, -0.1) is 0 Å². The third kappa shape index (κ3) is 2.97. The monoisotopic (exact) mass is 228 g/mol. The predicted molar refractivity (Wildman–Crippen MR) is 63.2 cm³/mol. The number of hydrogen-bond acceptors (Lipinski definition) is 2. The van der Waals surface area contributed by atoms with Crippen LogP contribution in [0, 0.1) is 11.3 Å². The van der Waals surface area contributed by atoms with Gasteiger partial charge in [0.15, 0.2) is 0 Å². The Kier molecular flexibility index (Phi) is 4.78. The molecular weight excluding hydrogens is 204 g/mol. The fourth-order valence-electron chi connectivity index (χ4n) is 2.90. The van der Waals surface area contributed by atoms with Crippen molar-refractivity contribution in [1.29, 1.82) is 0 Å². The fraction of sp³-hybridized carbons (Fsp3) is 0.923. The van der Waals surface area contributed by atoms with Crippen LogP contribution in [0.15, 0.2) is 0 Å². The first-order valence-electron chi connectivity index (χ1n) is 6.45. The van der Waals surface area contributed by atoms with Gasteiger partial charge in [0.2, 0.25) is 0 Å². The summed E-state index contributed by atoms with van der Waals surface area (Å²) in [5, 5.41) is 19.2. The van der Waals surface area contributed by atoms with Gasteiger partial charge in [0.1, 0.15) is 0 Å². The Balaban J connectivity index is 2.75. The highest BCUT2D eigenvalue weighted by atomic mass is 16.4. The van der Waals surface area contributed by atoms with Crippen LogP contribution in [0.4, 0.5) is 0 Å². The minimum absolute atomic E-state index is 0.426. The molecule has 2 N–H and O–H groups in total. The minimum Gasteiger partial charge on any atom is -0.481 e. The molecule has 3 heteroatoms. The molecule has 0 spiro atoms. The molecule has 0 aromatic rings. The van der Waals surface area contributed by atoms with E-state index in [9.17, 15) is 15.0 Å². The molecule has 3 nitrogen and oxygen atoms in total. The lowest BCUT2D eigenvalue weighted by Gasteiger charge is -2.38. The first kappa shape index (κ1) is 13.5. The molecular formula is C13H24O3. The van der Waals surface area contributed by atoms with E-state index in [-0.39, 0.29) is 0 Å². The highest BCUT2D eigenvalue weighted by molar-refractivity contribution is 5.74. The van der Waals surface area contributed by atoms with Crippen LogP contribution in [0.25, 0.3) is 0 Å². The Labute approximate surface area is 97.9 Å². The summed E-state index contributed by atoms with van der Waals surface area (Å²) in [5.41, 5.74) is -0.658. The number of hydrogen-bond donors (Lipinski definition) is 2. The van der Waals surface area contributed by atoms with E-state index in [0.29, 0.717) is 18.8 Å². The van der Waals surface area contributed by atoms with Crippen LogP contribution in [0.2, 0.25) is 0 Å². The quantitative estimate of drug-likeness (QED) is 0.760. The molecule has 0 amide bonds. The Morgan fingerprint density at radius 1 is 1.50 bits per heavy atom. The molecule has 1 rings (SSSR count). The van der Waals surface area contributed by atoms with E-state index in [1.54, 1.807) is 0 Å². The normalized spacial score (nSPS) is 32.3. The van der Waals surface area contributed by atoms with Crippen LogP contribution in [0.1, 0.15) is 58.8 Å². The summed E-state index contributed by atoms with van der Waals surface area (Å²) >= 11 is 0. The van der Waals surface area contributed by atoms with Crippen molar-refractivity contribution in [1.82, 2.24) is 0 Å². The lowest BCUT2D eigenvalue weighted by atomic mass is 9.66. The van der Waals surface area contributed by atoms with Gasteiger partial charge in [-0.1, -0.05) is 33.1 Å². The van der Waals surface area contributed by atoms with E-state index < -0.39 is 17.5 Å². The summed E-state index contributed by atoms with van der Waals surface area (Å²) in [6, 6.07) is 0. The first-order valence-corrected chi connectivity index (χ1v) is 6.45. The largest absolute Gasteiger partial charge is 0.481 e. The number of rotatable bonds is 5. The Morgan fingerprint density at radius 2 is 2.19 bits per heavy atom. The zero-order valence-electron chi connectivity index (χ0n) is 10.4. The van der Waals surface area contributed by atoms with E-state index in [1.807, 2.05) is 6.92 Å². The smallest absolute Gasteiger partial charge is 0.309 e. The third-order valence-electron chi connectivity index (χ3n) is 4.08.